The van der Waals surface area contributed by atoms with Gasteiger partial charge in [0.15, 0.2) is 5.96 Å². The van der Waals surface area contributed by atoms with Gasteiger partial charge in [-0.05, 0) is 47.5 Å². The number of amides is 1. The number of hydrogen-bond acceptors (Lipinski definition) is 5. The Bertz CT molecular complexity index is 509. The molecule has 0 aromatic heterocycles. The van der Waals surface area contributed by atoms with E-state index in [1.165, 1.54) is 0 Å². The van der Waals surface area contributed by atoms with Crippen LogP contribution in [0.1, 0.15) is 61.3 Å². The Morgan fingerprint density at radius 3 is 2.28 bits per heavy atom. The summed E-state index contributed by atoms with van der Waals surface area (Å²) < 4.78 is 10.9. The summed E-state index contributed by atoms with van der Waals surface area (Å²) in [6, 6.07) is 0.393. The fourth-order valence-electron chi connectivity index (χ4n) is 3.17. The number of aliphatic imine (C=N–C) groups is 1. The maximum Gasteiger partial charge on any atom is 0.408 e. The van der Waals surface area contributed by atoms with Crippen LogP contribution in [-0.4, -0.2) is 80.1 Å². The Hall–Kier alpha value is -1.54. The monoisotopic (exact) mass is 413 g/mol. The molecule has 8 heteroatoms. The van der Waals surface area contributed by atoms with Crippen molar-refractivity contribution in [2.24, 2.45) is 4.99 Å². The van der Waals surface area contributed by atoms with Gasteiger partial charge >= 0.3 is 6.09 Å². The van der Waals surface area contributed by atoms with Crippen LogP contribution < -0.4 is 16.0 Å². The molecule has 0 spiro atoms. The van der Waals surface area contributed by atoms with Crippen LogP contribution in [0.4, 0.5) is 4.79 Å². The lowest BCUT2D eigenvalue weighted by Crippen LogP contribution is -2.53. The third kappa shape index (κ3) is 9.67. The second-order valence-electron chi connectivity index (χ2n) is 8.69. The first-order valence-corrected chi connectivity index (χ1v) is 11.0. The zero-order valence-electron chi connectivity index (χ0n) is 19.6. The van der Waals surface area contributed by atoms with Crippen LogP contribution in [0, 0.1) is 0 Å². The van der Waals surface area contributed by atoms with E-state index < -0.39 is 17.2 Å². The molecule has 1 atom stereocenters. The highest BCUT2D eigenvalue weighted by Gasteiger charge is 2.30. The standard InChI is InChI=1S/C21H43N5O3/c1-8-21(9-2,25-19(27)29-20(5,6)7)16-24-18(22-10-3)23-15-17(4)26-11-13-28-14-12-26/h17H,8-16H2,1-7H3,(H,25,27)(H2,22,23,24). The van der Waals surface area contributed by atoms with Gasteiger partial charge < -0.3 is 25.4 Å². The normalized spacial score (nSPS) is 17.6. The van der Waals surface area contributed by atoms with Crippen LogP contribution in [-0.2, 0) is 9.47 Å². The van der Waals surface area contributed by atoms with E-state index >= 15 is 0 Å². The van der Waals surface area contributed by atoms with E-state index in [0.29, 0.717) is 12.6 Å². The number of alkyl carbamates (subject to hydrolysis) is 1. The Morgan fingerprint density at radius 2 is 1.76 bits per heavy atom. The average molecular weight is 414 g/mol. The maximum absolute atomic E-state index is 12.3. The van der Waals surface area contributed by atoms with Gasteiger partial charge in [0.25, 0.3) is 0 Å². The number of carbonyl (C=O) groups is 1. The molecule has 1 saturated heterocycles. The van der Waals surface area contributed by atoms with Gasteiger partial charge in [0.05, 0.1) is 25.3 Å². The number of hydrogen-bond donors (Lipinski definition) is 3. The molecule has 1 aliphatic rings. The number of nitrogens with one attached hydrogen (secondary N) is 3. The van der Waals surface area contributed by atoms with Crippen LogP contribution in [0.5, 0.6) is 0 Å². The van der Waals surface area contributed by atoms with Gasteiger partial charge in [0.1, 0.15) is 5.60 Å². The number of rotatable bonds is 9. The van der Waals surface area contributed by atoms with Gasteiger partial charge in [-0.1, -0.05) is 13.8 Å². The molecule has 1 aliphatic heterocycles. The summed E-state index contributed by atoms with van der Waals surface area (Å²) in [6.45, 7) is 19.6. The first-order valence-electron chi connectivity index (χ1n) is 11.0. The number of guanidine groups is 1. The van der Waals surface area contributed by atoms with E-state index in [2.05, 4.69) is 48.5 Å². The minimum absolute atomic E-state index is 0.393. The smallest absolute Gasteiger partial charge is 0.408 e. The highest BCUT2D eigenvalue weighted by Crippen LogP contribution is 2.17. The van der Waals surface area contributed by atoms with Gasteiger partial charge in [-0.2, -0.15) is 0 Å². The quantitative estimate of drug-likeness (QED) is 0.397. The van der Waals surface area contributed by atoms with Gasteiger partial charge in [0.2, 0.25) is 0 Å². The van der Waals surface area contributed by atoms with Crippen molar-refractivity contribution in [3.8, 4) is 0 Å². The molecule has 0 aromatic rings. The second kappa shape index (κ2) is 12.2. The molecule has 29 heavy (non-hydrogen) atoms. The van der Waals surface area contributed by atoms with Gasteiger partial charge in [-0.25, -0.2) is 4.79 Å². The predicted molar refractivity (Wildman–Crippen MR) is 119 cm³/mol. The van der Waals surface area contributed by atoms with Crippen molar-refractivity contribution in [2.75, 3.05) is 45.9 Å². The summed E-state index contributed by atoms with van der Waals surface area (Å²) in [5.74, 6) is 0.768. The SMILES string of the molecule is CCNC(=NCC(CC)(CC)NC(=O)OC(C)(C)C)NCC(C)N1CCOCC1. The lowest BCUT2D eigenvalue weighted by molar-refractivity contribution is 0.0211. The van der Waals surface area contributed by atoms with Crippen molar-refractivity contribution in [3.63, 3.8) is 0 Å². The van der Waals surface area contributed by atoms with Gasteiger partial charge in [-0.3, -0.25) is 9.89 Å². The third-order valence-electron chi connectivity index (χ3n) is 5.24. The van der Waals surface area contributed by atoms with Crippen molar-refractivity contribution in [1.29, 1.82) is 0 Å². The predicted octanol–water partition coefficient (Wildman–Crippen LogP) is 2.35. The molecule has 3 N–H and O–H groups in total. The summed E-state index contributed by atoms with van der Waals surface area (Å²) in [5.41, 5.74) is -0.951. The minimum atomic E-state index is -0.521. The van der Waals surface area contributed by atoms with Crippen molar-refractivity contribution in [3.05, 3.63) is 0 Å². The van der Waals surface area contributed by atoms with E-state index in [4.69, 9.17) is 14.5 Å². The number of ether oxygens (including phenoxy) is 2. The van der Waals surface area contributed by atoms with E-state index in [1.807, 2.05) is 20.8 Å². The van der Waals surface area contributed by atoms with Crippen molar-refractivity contribution in [1.82, 2.24) is 20.9 Å². The van der Waals surface area contributed by atoms with Crippen molar-refractivity contribution < 1.29 is 14.3 Å². The fourth-order valence-corrected chi connectivity index (χ4v) is 3.17. The van der Waals surface area contributed by atoms with E-state index in [0.717, 1.165) is 58.2 Å². The van der Waals surface area contributed by atoms with Crippen LogP contribution in [0.3, 0.4) is 0 Å². The summed E-state index contributed by atoms with van der Waals surface area (Å²) in [4.78, 5) is 19.5. The van der Waals surface area contributed by atoms with Crippen molar-refractivity contribution >= 4 is 12.1 Å². The summed E-state index contributed by atoms with van der Waals surface area (Å²) in [6.07, 6.45) is 1.15. The van der Waals surface area contributed by atoms with E-state index in [-0.39, 0.29) is 0 Å². The molecule has 1 heterocycles. The fraction of sp³-hybridized carbons (Fsp3) is 0.905. The average Bonchev–Trinajstić information content (AvgIpc) is 2.68. The largest absolute Gasteiger partial charge is 0.444 e. The molecule has 1 amide bonds. The molecule has 0 bridgehead atoms. The highest BCUT2D eigenvalue weighted by atomic mass is 16.6. The molecule has 170 valence electrons. The molecule has 1 unspecified atom stereocenters. The molecular formula is C21H43N5O3. The Kier molecular flexibility index (Phi) is 10.7. The number of nitrogens with zero attached hydrogens (tertiary/aromatic N) is 2. The highest BCUT2D eigenvalue weighted by molar-refractivity contribution is 5.80. The first-order chi connectivity index (χ1) is 13.6. The van der Waals surface area contributed by atoms with Crippen LogP contribution >= 0.6 is 0 Å². The summed E-state index contributed by atoms with van der Waals surface area (Å²) in [5, 5.41) is 9.80. The molecule has 8 nitrogen and oxygen atoms in total. The lowest BCUT2D eigenvalue weighted by Gasteiger charge is -2.33. The summed E-state index contributed by atoms with van der Waals surface area (Å²) in [7, 11) is 0. The lowest BCUT2D eigenvalue weighted by atomic mass is 9.93. The Labute approximate surface area is 177 Å². The Balaban J connectivity index is 2.71. The number of morpholine rings is 1. The minimum Gasteiger partial charge on any atom is -0.444 e. The maximum atomic E-state index is 12.3. The second-order valence-corrected chi connectivity index (χ2v) is 8.69. The molecular weight excluding hydrogens is 370 g/mol. The summed E-state index contributed by atoms with van der Waals surface area (Å²) >= 11 is 0. The molecule has 0 aliphatic carbocycles. The topological polar surface area (TPSA) is 87.2 Å². The number of carbonyl (C=O) groups excluding carboxylic acids is 1. The molecule has 1 fully saturated rings. The van der Waals surface area contributed by atoms with Crippen LogP contribution in [0.25, 0.3) is 0 Å². The van der Waals surface area contributed by atoms with E-state index in [1.54, 1.807) is 0 Å². The zero-order valence-corrected chi connectivity index (χ0v) is 19.6. The zero-order chi connectivity index (χ0) is 21.9. The third-order valence-corrected chi connectivity index (χ3v) is 5.24. The van der Waals surface area contributed by atoms with Crippen LogP contribution in [0.15, 0.2) is 4.99 Å². The van der Waals surface area contributed by atoms with Gasteiger partial charge in [0, 0.05) is 32.2 Å². The first kappa shape index (κ1) is 25.5. The Morgan fingerprint density at radius 1 is 1.14 bits per heavy atom. The molecule has 0 aromatic carbocycles. The van der Waals surface area contributed by atoms with Crippen LogP contribution in [0.2, 0.25) is 0 Å². The van der Waals surface area contributed by atoms with E-state index in [9.17, 15) is 4.79 Å². The van der Waals surface area contributed by atoms with Gasteiger partial charge in [-0.15, -0.1) is 0 Å². The molecule has 0 radical (unpaired) electrons. The van der Waals surface area contributed by atoms with Crippen molar-refractivity contribution in [2.45, 2.75) is 78.5 Å². The molecule has 0 saturated carbocycles. The molecule has 1 rings (SSSR count).